The molecule has 1 unspecified atom stereocenters. The maximum absolute atomic E-state index is 12.5. The number of esters is 2. The van der Waals surface area contributed by atoms with Gasteiger partial charge >= 0.3 is 19.8 Å². The minimum absolute atomic E-state index is 0.209. The van der Waals surface area contributed by atoms with E-state index < -0.39 is 32.5 Å². The summed E-state index contributed by atoms with van der Waals surface area (Å²) < 4.78 is 26.5. The zero-order valence-corrected chi connectivity index (χ0v) is 37.9. The van der Waals surface area contributed by atoms with Gasteiger partial charge in [-0.15, -0.1) is 0 Å². The molecule has 57 heavy (non-hydrogen) atoms. The van der Waals surface area contributed by atoms with Crippen LogP contribution in [0.4, 0.5) is 0 Å². The number of rotatable bonds is 44. The van der Waals surface area contributed by atoms with Crippen molar-refractivity contribution in [3.63, 3.8) is 0 Å². The highest BCUT2D eigenvalue weighted by Crippen LogP contribution is 2.36. The number of hydrogen-bond donors (Lipinski definition) is 2. The average Bonchev–Trinajstić information content (AvgIpc) is 3.18. The molecular formula is C48H89O8P. The summed E-state index contributed by atoms with van der Waals surface area (Å²) in [5.41, 5.74) is 0. The normalized spacial score (nSPS) is 12.7. The van der Waals surface area contributed by atoms with Crippen LogP contribution in [0.25, 0.3) is 0 Å². The number of hydrogen-bond acceptors (Lipinski definition) is 6. The Morgan fingerprint density at radius 3 is 1.18 bits per heavy atom. The Kier molecular flexibility index (Phi) is 42.5. The van der Waals surface area contributed by atoms with E-state index in [9.17, 15) is 14.2 Å². The molecule has 334 valence electrons. The summed E-state index contributed by atoms with van der Waals surface area (Å²) in [7, 11) is -4.76. The smallest absolute Gasteiger partial charge is 0.462 e. The molecule has 0 spiro atoms. The van der Waals surface area contributed by atoms with E-state index in [1.54, 1.807) is 0 Å². The van der Waals surface area contributed by atoms with Crippen LogP contribution in [-0.4, -0.2) is 41.0 Å². The molecule has 1 atom stereocenters. The first-order valence-corrected chi connectivity index (χ1v) is 25.3. The molecule has 0 saturated heterocycles. The number of allylic oxidation sites excluding steroid dienone is 6. The molecule has 0 saturated carbocycles. The molecule has 0 rings (SSSR count). The third kappa shape index (κ3) is 46.8. The van der Waals surface area contributed by atoms with Crippen molar-refractivity contribution in [2.45, 2.75) is 245 Å². The fourth-order valence-electron chi connectivity index (χ4n) is 6.81. The lowest BCUT2D eigenvalue weighted by molar-refractivity contribution is -0.161. The van der Waals surface area contributed by atoms with Crippen molar-refractivity contribution >= 4 is 19.8 Å². The summed E-state index contributed by atoms with van der Waals surface area (Å²) >= 11 is 0. The number of carbonyl (C=O) groups excluding carboxylic acids is 2. The predicted molar refractivity (Wildman–Crippen MR) is 239 cm³/mol. The van der Waals surface area contributed by atoms with Gasteiger partial charge < -0.3 is 19.3 Å². The lowest BCUT2D eigenvalue weighted by Crippen LogP contribution is -2.29. The summed E-state index contributed by atoms with van der Waals surface area (Å²) in [5, 5.41) is 0. The highest BCUT2D eigenvalue weighted by Gasteiger charge is 2.23. The van der Waals surface area contributed by atoms with Crippen molar-refractivity contribution in [1.29, 1.82) is 0 Å². The van der Waals surface area contributed by atoms with E-state index in [0.717, 1.165) is 57.8 Å². The molecular weight excluding hydrogens is 735 g/mol. The average molecular weight is 825 g/mol. The summed E-state index contributed by atoms with van der Waals surface area (Å²) in [6, 6.07) is 0. The Labute approximate surface area is 351 Å². The standard InChI is InChI=1S/C48H89O8P/c1-3-5-7-9-11-13-15-17-19-21-22-23-24-25-26-27-29-31-33-35-37-39-41-43-48(50)56-46(45-55-57(51,52)53)44-54-47(49)42-40-38-36-34-32-30-28-20-18-16-14-12-10-8-6-4-2/h15,17,20-22,28,46H,3-14,16,18-19,23-27,29-45H2,1-2H3,(H2,51,52,53)/b17-15-,22-21-,28-20-. The van der Waals surface area contributed by atoms with Gasteiger partial charge in [-0.25, -0.2) is 4.57 Å². The van der Waals surface area contributed by atoms with Gasteiger partial charge in [0.2, 0.25) is 0 Å². The largest absolute Gasteiger partial charge is 0.469 e. The molecule has 0 radical (unpaired) electrons. The van der Waals surface area contributed by atoms with E-state index in [1.807, 2.05) is 0 Å². The highest BCUT2D eigenvalue weighted by molar-refractivity contribution is 7.46. The van der Waals surface area contributed by atoms with Gasteiger partial charge in [0, 0.05) is 12.8 Å². The maximum Gasteiger partial charge on any atom is 0.469 e. The molecule has 0 aliphatic heterocycles. The van der Waals surface area contributed by atoms with Crippen molar-refractivity contribution in [3.8, 4) is 0 Å². The first-order chi connectivity index (χ1) is 27.8. The number of ether oxygens (including phenoxy) is 2. The second kappa shape index (κ2) is 43.8. The summed E-state index contributed by atoms with van der Waals surface area (Å²) in [4.78, 5) is 43.0. The Balaban J connectivity index is 3.85. The lowest BCUT2D eigenvalue weighted by Gasteiger charge is -2.18. The van der Waals surface area contributed by atoms with Gasteiger partial charge in [-0.1, -0.05) is 192 Å². The van der Waals surface area contributed by atoms with Gasteiger partial charge in [0.25, 0.3) is 0 Å². The molecule has 0 bridgehead atoms. The fourth-order valence-corrected chi connectivity index (χ4v) is 7.17. The van der Waals surface area contributed by atoms with Crippen molar-refractivity contribution in [2.24, 2.45) is 0 Å². The van der Waals surface area contributed by atoms with Crippen molar-refractivity contribution < 1.29 is 37.9 Å². The number of unbranched alkanes of at least 4 members (excludes halogenated alkanes) is 28. The van der Waals surface area contributed by atoms with Crippen LogP contribution in [-0.2, 0) is 28.2 Å². The molecule has 0 fully saturated rings. The van der Waals surface area contributed by atoms with E-state index in [2.05, 4.69) is 54.8 Å². The van der Waals surface area contributed by atoms with E-state index in [-0.39, 0.29) is 19.4 Å². The second-order valence-electron chi connectivity index (χ2n) is 16.1. The molecule has 0 aliphatic carbocycles. The Hall–Kier alpha value is -1.73. The van der Waals surface area contributed by atoms with Crippen molar-refractivity contribution in [2.75, 3.05) is 13.2 Å². The Morgan fingerprint density at radius 2 is 0.789 bits per heavy atom. The Morgan fingerprint density at radius 1 is 0.456 bits per heavy atom. The molecule has 0 heterocycles. The quantitative estimate of drug-likeness (QED) is 0.0270. The third-order valence-corrected chi connectivity index (χ3v) is 10.9. The van der Waals surface area contributed by atoms with E-state index in [4.69, 9.17) is 19.3 Å². The summed E-state index contributed by atoms with van der Waals surface area (Å²) in [6.45, 7) is 3.69. The van der Waals surface area contributed by atoms with Crippen LogP contribution in [0.2, 0.25) is 0 Å². The number of phosphoric acid groups is 1. The van der Waals surface area contributed by atoms with Gasteiger partial charge in [-0.3, -0.25) is 14.1 Å². The van der Waals surface area contributed by atoms with Crippen LogP contribution in [0.5, 0.6) is 0 Å². The molecule has 9 heteroatoms. The SMILES string of the molecule is CCCCCCC/C=C\C/C=C\CCCCCCCCCCCCCC(=O)OC(COC(=O)CCCCCCC/C=C\CCCCCCCCC)COP(=O)(O)O. The van der Waals surface area contributed by atoms with Gasteiger partial charge in [-0.05, 0) is 70.6 Å². The highest BCUT2D eigenvalue weighted by atomic mass is 31.2. The van der Waals surface area contributed by atoms with E-state index in [0.29, 0.717) is 12.8 Å². The van der Waals surface area contributed by atoms with Gasteiger partial charge in [0.1, 0.15) is 6.61 Å². The van der Waals surface area contributed by atoms with Crippen LogP contribution in [0.15, 0.2) is 36.5 Å². The van der Waals surface area contributed by atoms with Gasteiger partial charge in [0.05, 0.1) is 6.61 Å². The predicted octanol–water partition coefficient (Wildman–Crippen LogP) is 14.9. The monoisotopic (exact) mass is 825 g/mol. The molecule has 0 aromatic heterocycles. The zero-order valence-electron chi connectivity index (χ0n) is 37.0. The maximum atomic E-state index is 12.5. The van der Waals surface area contributed by atoms with Crippen LogP contribution in [0.3, 0.4) is 0 Å². The molecule has 0 aliphatic rings. The number of phosphoric ester groups is 1. The fraction of sp³-hybridized carbons (Fsp3) is 0.833. The molecule has 0 amide bonds. The van der Waals surface area contributed by atoms with Crippen LogP contribution >= 0.6 is 7.82 Å². The molecule has 0 aromatic carbocycles. The first-order valence-electron chi connectivity index (χ1n) is 23.8. The molecule has 2 N–H and O–H groups in total. The van der Waals surface area contributed by atoms with Crippen LogP contribution < -0.4 is 0 Å². The minimum atomic E-state index is -4.76. The summed E-state index contributed by atoms with van der Waals surface area (Å²) in [5.74, 6) is -0.889. The molecule has 8 nitrogen and oxygen atoms in total. The first kappa shape index (κ1) is 55.3. The third-order valence-electron chi connectivity index (χ3n) is 10.4. The van der Waals surface area contributed by atoms with Crippen LogP contribution in [0, 0.1) is 0 Å². The Bertz CT molecular complexity index is 1020. The van der Waals surface area contributed by atoms with Gasteiger partial charge in [-0.2, -0.15) is 0 Å². The van der Waals surface area contributed by atoms with E-state index in [1.165, 1.54) is 141 Å². The zero-order chi connectivity index (χ0) is 41.8. The van der Waals surface area contributed by atoms with Crippen molar-refractivity contribution in [1.82, 2.24) is 0 Å². The minimum Gasteiger partial charge on any atom is -0.462 e. The van der Waals surface area contributed by atoms with Crippen LogP contribution in [0.1, 0.15) is 239 Å². The topological polar surface area (TPSA) is 119 Å². The molecule has 0 aromatic rings. The van der Waals surface area contributed by atoms with Crippen molar-refractivity contribution in [3.05, 3.63) is 36.5 Å². The van der Waals surface area contributed by atoms with Gasteiger partial charge in [0.15, 0.2) is 6.10 Å². The lowest BCUT2D eigenvalue weighted by atomic mass is 10.0. The van der Waals surface area contributed by atoms with E-state index >= 15 is 0 Å². The second-order valence-corrected chi connectivity index (χ2v) is 17.3. The number of carbonyl (C=O) groups is 2. The summed E-state index contributed by atoms with van der Waals surface area (Å²) in [6.07, 6.45) is 53.0.